The molecule has 1 aromatic carbocycles. The fraction of sp³-hybridized carbons (Fsp3) is 0.571. The highest BCUT2D eigenvalue weighted by Crippen LogP contribution is 2.38. The molecule has 1 aromatic rings. The molecule has 1 fully saturated rings. The summed E-state index contributed by atoms with van der Waals surface area (Å²) in [6, 6.07) is 7.62. The molecule has 2 aliphatic rings. The van der Waals surface area contributed by atoms with E-state index in [9.17, 15) is 8.42 Å². The van der Waals surface area contributed by atoms with Crippen molar-refractivity contribution in [3.63, 3.8) is 0 Å². The summed E-state index contributed by atoms with van der Waals surface area (Å²) in [5, 5.41) is 3.54. The number of rotatable bonds is 3. The lowest BCUT2D eigenvalue weighted by Gasteiger charge is -2.26. The van der Waals surface area contributed by atoms with E-state index in [4.69, 9.17) is 0 Å². The first-order chi connectivity index (χ1) is 8.58. The van der Waals surface area contributed by atoms with Crippen molar-refractivity contribution in [2.75, 3.05) is 12.3 Å². The monoisotopic (exact) mass is 265 g/mol. The quantitative estimate of drug-likeness (QED) is 0.911. The van der Waals surface area contributed by atoms with Gasteiger partial charge in [-0.25, -0.2) is 8.42 Å². The van der Waals surface area contributed by atoms with E-state index in [-0.39, 0.29) is 11.8 Å². The van der Waals surface area contributed by atoms with Crippen LogP contribution in [0, 0.1) is 11.8 Å². The van der Waals surface area contributed by atoms with Crippen LogP contribution in [0.1, 0.15) is 31.4 Å². The van der Waals surface area contributed by atoms with Gasteiger partial charge in [-0.05, 0) is 42.9 Å². The molecule has 0 aromatic heterocycles. The zero-order valence-electron chi connectivity index (χ0n) is 10.6. The summed E-state index contributed by atoms with van der Waals surface area (Å²) in [6.45, 7) is 3.28. The average Bonchev–Trinajstić information content (AvgIpc) is 3.05. The Balaban J connectivity index is 1.81. The Kier molecular flexibility index (Phi) is 2.94. The number of hydrogen-bond acceptors (Lipinski definition) is 3. The summed E-state index contributed by atoms with van der Waals surface area (Å²) < 4.78 is 24.0. The molecular formula is C14H19NO2S. The van der Waals surface area contributed by atoms with Crippen molar-refractivity contribution in [3.8, 4) is 0 Å². The molecule has 0 saturated heterocycles. The molecule has 98 valence electrons. The fourth-order valence-corrected chi connectivity index (χ4v) is 4.40. The van der Waals surface area contributed by atoms with Crippen LogP contribution in [0.15, 0.2) is 29.2 Å². The molecule has 1 heterocycles. The van der Waals surface area contributed by atoms with E-state index < -0.39 is 9.84 Å². The SMILES string of the molecule is CC1CC1CNC1CCS(=O)(=O)c2ccccc21. The maximum atomic E-state index is 12.0. The Hall–Kier alpha value is -0.870. The molecule has 4 heteroatoms. The van der Waals surface area contributed by atoms with E-state index in [1.807, 2.05) is 18.2 Å². The maximum absolute atomic E-state index is 12.0. The number of fused-ring (bicyclic) bond motifs is 1. The Morgan fingerprint density at radius 3 is 2.78 bits per heavy atom. The molecule has 0 bridgehead atoms. The Labute approximate surface area is 109 Å². The molecule has 0 spiro atoms. The Morgan fingerprint density at radius 1 is 1.33 bits per heavy atom. The molecule has 1 N–H and O–H groups in total. The molecule has 18 heavy (non-hydrogen) atoms. The first kappa shape index (κ1) is 12.2. The van der Waals surface area contributed by atoms with E-state index in [2.05, 4.69) is 12.2 Å². The fourth-order valence-electron chi connectivity index (χ4n) is 2.78. The van der Waals surface area contributed by atoms with Gasteiger partial charge in [0.2, 0.25) is 0 Å². The van der Waals surface area contributed by atoms with E-state index in [1.54, 1.807) is 6.07 Å². The van der Waals surface area contributed by atoms with Crippen molar-refractivity contribution >= 4 is 9.84 Å². The predicted octanol–water partition coefficient (Wildman–Crippen LogP) is 2.15. The van der Waals surface area contributed by atoms with E-state index >= 15 is 0 Å². The normalized spacial score (nSPS) is 32.8. The smallest absolute Gasteiger partial charge is 0.178 e. The van der Waals surface area contributed by atoms with Crippen LogP contribution < -0.4 is 5.32 Å². The zero-order valence-corrected chi connectivity index (χ0v) is 11.4. The molecule has 3 nitrogen and oxygen atoms in total. The van der Waals surface area contributed by atoms with Gasteiger partial charge in [0, 0.05) is 6.04 Å². The lowest BCUT2D eigenvalue weighted by Crippen LogP contribution is -2.31. The summed E-state index contributed by atoms with van der Waals surface area (Å²) in [5.41, 5.74) is 0.956. The molecule has 1 saturated carbocycles. The Bertz CT molecular complexity index is 553. The van der Waals surface area contributed by atoms with Gasteiger partial charge in [0.15, 0.2) is 9.84 Å². The lowest BCUT2D eigenvalue weighted by molar-refractivity contribution is 0.473. The van der Waals surface area contributed by atoms with Gasteiger partial charge in [0.1, 0.15) is 0 Å². The van der Waals surface area contributed by atoms with Crippen LogP contribution in [-0.2, 0) is 9.84 Å². The molecule has 3 rings (SSSR count). The third-order valence-electron chi connectivity index (χ3n) is 4.21. The molecular weight excluding hydrogens is 246 g/mol. The minimum absolute atomic E-state index is 0.206. The number of benzene rings is 1. The standard InChI is InChI=1S/C14H19NO2S/c1-10-8-11(10)9-15-13-6-7-18(16,17)14-5-3-2-4-12(13)14/h2-5,10-11,13,15H,6-9H2,1H3. The van der Waals surface area contributed by atoms with E-state index in [0.29, 0.717) is 11.3 Å². The Morgan fingerprint density at radius 2 is 2.06 bits per heavy atom. The number of nitrogens with one attached hydrogen (secondary N) is 1. The van der Waals surface area contributed by atoms with E-state index in [0.717, 1.165) is 23.9 Å². The lowest BCUT2D eigenvalue weighted by atomic mass is 10.0. The summed E-state index contributed by atoms with van der Waals surface area (Å²) in [4.78, 5) is 0.526. The molecule has 3 unspecified atom stereocenters. The van der Waals surface area contributed by atoms with Crippen LogP contribution in [0.25, 0.3) is 0 Å². The number of sulfone groups is 1. The van der Waals surface area contributed by atoms with Crippen molar-refractivity contribution in [3.05, 3.63) is 29.8 Å². The maximum Gasteiger partial charge on any atom is 0.178 e. The molecule has 1 aliphatic heterocycles. The van der Waals surface area contributed by atoms with Crippen molar-refractivity contribution < 1.29 is 8.42 Å². The second-order valence-corrected chi connectivity index (χ2v) is 7.66. The van der Waals surface area contributed by atoms with Gasteiger partial charge in [-0.15, -0.1) is 0 Å². The molecule has 1 aliphatic carbocycles. The van der Waals surface area contributed by atoms with Crippen LogP contribution in [0.3, 0.4) is 0 Å². The first-order valence-corrected chi connectivity index (χ1v) is 8.28. The molecule has 0 radical (unpaired) electrons. The average molecular weight is 265 g/mol. The van der Waals surface area contributed by atoms with Crippen LogP contribution in [0.5, 0.6) is 0 Å². The van der Waals surface area contributed by atoms with Crippen molar-refractivity contribution in [1.82, 2.24) is 5.32 Å². The second-order valence-electron chi connectivity index (χ2n) is 5.58. The van der Waals surface area contributed by atoms with Crippen molar-refractivity contribution in [2.45, 2.75) is 30.7 Å². The highest BCUT2D eigenvalue weighted by molar-refractivity contribution is 7.91. The second kappa shape index (κ2) is 4.35. The minimum atomic E-state index is -3.05. The summed E-state index contributed by atoms with van der Waals surface area (Å²) in [5.74, 6) is 1.89. The summed E-state index contributed by atoms with van der Waals surface area (Å²) in [7, 11) is -3.05. The third-order valence-corrected chi connectivity index (χ3v) is 6.02. The van der Waals surface area contributed by atoms with Gasteiger partial charge in [0.25, 0.3) is 0 Å². The summed E-state index contributed by atoms with van der Waals surface area (Å²) in [6.07, 6.45) is 2.00. The highest BCUT2D eigenvalue weighted by Gasteiger charge is 2.34. The largest absolute Gasteiger partial charge is 0.310 e. The zero-order chi connectivity index (χ0) is 12.8. The van der Waals surface area contributed by atoms with Gasteiger partial charge in [-0.1, -0.05) is 25.1 Å². The van der Waals surface area contributed by atoms with Crippen LogP contribution >= 0.6 is 0 Å². The van der Waals surface area contributed by atoms with Gasteiger partial charge in [-0.2, -0.15) is 0 Å². The number of hydrogen-bond donors (Lipinski definition) is 1. The first-order valence-electron chi connectivity index (χ1n) is 6.63. The van der Waals surface area contributed by atoms with Crippen molar-refractivity contribution in [2.24, 2.45) is 11.8 Å². The molecule has 3 atom stereocenters. The van der Waals surface area contributed by atoms with Crippen LogP contribution in [0.2, 0.25) is 0 Å². The van der Waals surface area contributed by atoms with Crippen LogP contribution in [0.4, 0.5) is 0 Å². The van der Waals surface area contributed by atoms with Crippen molar-refractivity contribution in [1.29, 1.82) is 0 Å². The minimum Gasteiger partial charge on any atom is -0.310 e. The van der Waals surface area contributed by atoms with Crippen LogP contribution in [-0.4, -0.2) is 20.7 Å². The summed E-state index contributed by atoms with van der Waals surface area (Å²) >= 11 is 0. The van der Waals surface area contributed by atoms with Gasteiger partial charge in [-0.3, -0.25) is 0 Å². The predicted molar refractivity (Wildman–Crippen MR) is 71.1 cm³/mol. The van der Waals surface area contributed by atoms with Gasteiger partial charge >= 0.3 is 0 Å². The van der Waals surface area contributed by atoms with Gasteiger partial charge < -0.3 is 5.32 Å². The topological polar surface area (TPSA) is 46.2 Å². The molecule has 0 amide bonds. The highest BCUT2D eigenvalue weighted by atomic mass is 32.2. The third kappa shape index (κ3) is 2.19. The van der Waals surface area contributed by atoms with Gasteiger partial charge in [0.05, 0.1) is 10.6 Å². The van der Waals surface area contributed by atoms with E-state index in [1.165, 1.54) is 6.42 Å².